The zero-order chi connectivity index (χ0) is 27.8. The Morgan fingerprint density at radius 3 is 2.42 bits per heavy atom. The Kier molecular flexibility index (Phi) is 12.8. The van der Waals surface area contributed by atoms with Gasteiger partial charge in [0.05, 0.1) is 37.9 Å². The normalized spacial score (nSPS) is 10.4. The van der Waals surface area contributed by atoms with E-state index in [1.54, 1.807) is 43.3 Å². The maximum absolute atomic E-state index is 12.6. The van der Waals surface area contributed by atoms with Crippen molar-refractivity contribution in [1.82, 2.24) is 0 Å². The highest BCUT2D eigenvalue weighted by Gasteiger charge is 2.12. The van der Waals surface area contributed by atoms with Crippen molar-refractivity contribution in [3.63, 3.8) is 0 Å². The molecule has 0 heterocycles. The predicted octanol–water partition coefficient (Wildman–Crippen LogP) is 3.38. The monoisotopic (exact) mass is 523 g/mol. The van der Waals surface area contributed by atoms with Crippen molar-refractivity contribution in [1.29, 1.82) is 5.26 Å². The molecular formula is C28H29NO9. The third-order valence-corrected chi connectivity index (χ3v) is 4.72. The van der Waals surface area contributed by atoms with Crippen LogP contribution >= 0.6 is 0 Å². The SMILES string of the molecule is C=C(C)C(=O)OCCOCCOc1ccc(C(=O)Oc2ccc(/C=C/C(=O)OCCC#N)cc2CO)cc1. The number of aliphatic hydroxyl groups is 1. The molecule has 0 saturated heterocycles. The van der Waals surface area contributed by atoms with Gasteiger partial charge in [-0.05, 0) is 55.0 Å². The molecule has 0 fully saturated rings. The first-order chi connectivity index (χ1) is 18.3. The van der Waals surface area contributed by atoms with Crippen LogP contribution in [0.25, 0.3) is 6.08 Å². The van der Waals surface area contributed by atoms with Crippen LogP contribution in [0, 0.1) is 11.3 Å². The van der Waals surface area contributed by atoms with Gasteiger partial charge in [-0.3, -0.25) is 0 Å². The number of nitrogens with zero attached hydrogens (tertiary/aromatic N) is 1. The third kappa shape index (κ3) is 10.7. The van der Waals surface area contributed by atoms with Crippen molar-refractivity contribution in [3.8, 4) is 17.6 Å². The van der Waals surface area contributed by atoms with Gasteiger partial charge in [0.2, 0.25) is 0 Å². The summed E-state index contributed by atoms with van der Waals surface area (Å²) in [5.74, 6) is -0.977. The Labute approximate surface area is 220 Å². The number of rotatable bonds is 15. The van der Waals surface area contributed by atoms with Crippen LogP contribution in [0.4, 0.5) is 0 Å². The Morgan fingerprint density at radius 1 is 1.00 bits per heavy atom. The summed E-state index contributed by atoms with van der Waals surface area (Å²) in [6, 6.07) is 12.9. The molecule has 0 saturated carbocycles. The van der Waals surface area contributed by atoms with Gasteiger partial charge in [-0.1, -0.05) is 12.6 Å². The fourth-order valence-corrected chi connectivity index (χ4v) is 2.82. The highest BCUT2D eigenvalue weighted by molar-refractivity contribution is 5.91. The molecule has 38 heavy (non-hydrogen) atoms. The van der Waals surface area contributed by atoms with E-state index < -0.39 is 17.9 Å². The fraction of sp³-hybridized carbons (Fsp3) is 0.286. The molecular weight excluding hydrogens is 494 g/mol. The minimum Gasteiger partial charge on any atom is -0.491 e. The lowest BCUT2D eigenvalue weighted by molar-refractivity contribution is -0.140. The van der Waals surface area contributed by atoms with Gasteiger partial charge in [0.15, 0.2) is 0 Å². The third-order valence-electron chi connectivity index (χ3n) is 4.72. The molecule has 0 bridgehead atoms. The highest BCUT2D eigenvalue weighted by atomic mass is 16.6. The Bertz CT molecular complexity index is 1180. The van der Waals surface area contributed by atoms with E-state index in [9.17, 15) is 19.5 Å². The van der Waals surface area contributed by atoms with Crippen molar-refractivity contribution in [2.75, 3.05) is 33.0 Å². The molecule has 0 aliphatic carbocycles. The lowest BCUT2D eigenvalue weighted by Gasteiger charge is -2.11. The molecule has 0 atom stereocenters. The lowest BCUT2D eigenvalue weighted by Crippen LogP contribution is -2.14. The molecule has 0 unspecified atom stereocenters. The van der Waals surface area contributed by atoms with Gasteiger partial charge in [0, 0.05) is 17.2 Å². The van der Waals surface area contributed by atoms with Crippen molar-refractivity contribution >= 4 is 24.0 Å². The predicted molar refractivity (Wildman–Crippen MR) is 136 cm³/mol. The van der Waals surface area contributed by atoms with Gasteiger partial charge < -0.3 is 28.8 Å². The Hall–Kier alpha value is -4.46. The van der Waals surface area contributed by atoms with Crippen LogP contribution in [0.1, 0.15) is 34.8 Å². The second-order valence-corrected chi connectivity index (χ2v) is 7.73. The fourth-order valence-electron chi connectivity index (χ4n) is 2.82. The molecule has 0 amide bonds. The topological polar surface area (TPSA) is 141 Å². The number of carbonyl (C=O) groups is 3. The summed E-state index contributed by atoms with van der Waals surface area (Å²) in [5, 5.41) is 18.2. The van der Waals surface area contributed by atoms with Crippen molar-refractivity contribution in [2.24, 2.45) is 0 Å². The summed E-state index contributed by atoms with van der Waals surface area (Å²) in [6.45, 7) is 5.58. The van der Waals surface area contributed by atoms with E-state index in [2.05, 4.69) is 6.58 Å². The van der Waals surface area contributed by atoms with Gasteiger partial charge in [0.25, 0.3) is 0 Å². The van der Waals surface area contributed by atoms with E-state index in [4.69, 9.17) is 28.9 Å². The first kappa shape index (κ1) is 29.8. The molecule has 2 rings (SSSR count). The average Bonchev–Trinajstić information content (AvgIpc) is 2.92. The Balaban J connectivity index is 1.82. The number of hydrogen-bond donors (Lipinski definition) is 1. The summed E-state index contributed by atoms with van der Waals surface area (Å²) < 4.78 is 26.1. The molecule has 10 heteroatoms. The van der Waals surface area contributed by atoms with E-state index in [0.717, 1.165) is 0 Å². The summed E-state index contributed by atoms with van der Waals surface area (Å²) in [4.78, 5) is 35.4. The molecule has 1 N–H and O–H groups in total. The molecule has 10 nitrogen and oxygen atoms in total. The number of esters is 3. The molecule has 2 aromatic rings. The molecule has 0 aromatic heterocycles. The van der Waals surface area contributed by atoms with Gasteiger partial charge in [0.1, 0.15) is 31.3 Å². The lowest BCUT2D eigenvalue weighted by atomic mass is 10.1. The molecule has 0 radical (unpaired) electrons. The van der Waals surface area contributed by atoms with Crippen LogP contribution in [0.15, 0.2) is 60.7 Å². The average molecular weight is 524 g/mol. The highest BCUT2D eigenvalue weighted by Crippen LogP contribution is 2.23. The van der Waals surface area contributed by atoms with Crippen molar-refractivity contribution < 1.29 is 43.2 Å². The molecule has 2 aromatic carbocycles. The van der Waals surface area contributed by atoms with E-state index in [0.29, 0.717) is 22.4 Å². The van der Waals surface area contributed by atoms with Crippen LogP contribution in [-0.2, 0) is 30.4 Å². The van der Waals surface area contributed by atoms with Crippen LogP contribution in [0.3, 0.4) is 0 Å². The van der Waals surface area contributed by atoms with E-state index in [1.165, 1.54) is 18.2 Å². The summed E-state index contributed by atoms with van der Waals surface area (Å²) in [7, 11) is 0. The maximum Gasteiger partial charge on any atom is 0.343 e. The number of nitriles is 1. The van der Waals surface area contributed by atoms with Crippen LogP contribution < -0.4 is 9.47 Å². The molecule has 200 valence electrons. The van der Waals surface area contributed by atoms with E-state index >= 15 is 0 Å². The van der Waals surface area contributed by atoms with Gasteiger partial charge >= 0.3 is 17.9 Å². The van der Waals surface area contributed by atoms with Crippen LogP contribution in [0.5, 0.6) is 11.5 Å². The van der Waals surface area contributed by atoms with Crippen LogP contribution in [0.2, 0.25) is 0 Å². The minimum atomic E-state index is -0.622. The zero-order valence-electron chi connectivity index (χ0n) is 21.0. The smallest absolute Gasteiger partial charge is 0.343 e. The second-order valence-electron chi connectivity index (χ2n) is 7.73. The first-order valence-corrected chi connectivity index (χ1v) is 11.6. The zero-order valence-corrected chi connectivity index (χ0v) is 21.0. The van der Waals surface area contributed by atoms with Crippen molar-refractivity contribution in [3.05, 3.63) is 77.4 Å². The second kappa shape index (κ2) is 16.3. The van der Waals surface area contributed by atoms with Gasteiger partial charge in [-0.2, -0.15) is 5.26 Å². The number of ether oxygens (including phenoxy) is 5. The maximum atomic E-state index is 12.6. The number of carbonyl (C=O) groups excluding carboxylic acids is 3. The summed E-state index contributed by atoms with van der Waals surface area (Å²) in [5.41, 5.74) is 1.55. The summed E-state index contributed by atoms with van der Waals surface area (Å²) in [6.07, 6.45) is 2.80. The van der Waals surface area contributed by atoms with E-state index in [-0.39, 0.29) is 57.4 Å². The number of aliphatic hydroxyl groups excluding tert-OH is 1. The van der Waals surface area contributed by atoms with Crippen molar-refractivity contribution in [2.45, 2.75) is 20.0 Å². The molecule has 0 aliphatic rings. The number of benzene rings is 2. The largest absolute Gasteiger partial charge is 0.491 e. The minimum absolute atomic E-state index is 0.00828. The molecule has 0 spiro atoms. The van der Waals surface area contributed by atoms with E-state index in [1.807, 2.05) is 6.07 Å². The first-order valence-electron chi connectivity index (χ1n) is 11.6. The van der Waals surface area contributed by atoms with Gasteiger partial charge in [-0.25, -0.2) is 14.4 Å². The molecule has 0 aliphatic heterocycles. The quantitative estimate of drug-likeness (QED) is 0.160. The summed E-state index contributed by atoms with van der Waals surface area (Å²) >= 11 is 0. The Morgan fingerprint density at radius 2 is 1.74 bits per heavy atom. The van der Waals surface area contributed by atoms with Crippen LogP contribution in [-0.4, -0.2) is 56.0 Å². The standard InChI is InChI=1S/C28H29NO9/c1-20(2)27(32)37-17-15-34-14-16-35-24-8-6-22(7-9-24)28(33)38-25-10-4-21(18-23(25)19-30)5-11-26(31)36-13-3-12-29/h4-11,18,30H,1,3,13-17,19H2,2H3/b11-5+. The number of hydrogen-bond acceptors (Lipinski definition) is 10. The van der Waals surface area contributed by atoms with Gasteiger partial charge in [-0.15, -0.1) is 0 Å².